The lowest BCUT2D eigenvalue weighted by atomic mass is 9.91. The Morgan fingerprint density at radius 2 is 2.04 bits per heavy atom. The van der Waals surface area contributed by atoms with Crippen LogP contribution >= 0.6 is 0 Å². The predicted octanol–water partition coefficient (Wildman–Crippen LogP) is 1.57. The number of non-ortho nitro benzene ring substituents is 1. The number of carbonyl (C=O) groups is 1. The Morgan fingerprint density at radius 1 is 1.32 bits per heavy atom. The fourth-order valence-corrected chi connectivity index (χ4v) is 2.86. The van der Waals surface area contributed by atoms with Gasteiger partial charge in [-0.25, -0.2) is 0 Å². The number of pyridine rings is 1. The number of nitrogens with two attached hydrogens (primary N) is 1. The second-order valence-corrected chi connectivity index (χ2v) is 5.88. The number of hydrogen-bond donors (Lipinski definition) is 3. The molecular weight excluding hydrogens is 324 g/mol. The van der Waals surface area contributed by atoms with Crippen molar-refractivity contribution in [2.75, 3.05) is 6.61 Å². The Kier molecular flexibility index (Phi) is 4.30. The summed E-state index contributed by atoms with van der Waals surface area (Å²) < 4.78 is 0. The second kappa shape index (κ2) is 6.42. The van der Waals surface area contributed by atoms with Crippen LogP contribution in [-0.2, 0) is 11.2 Å². The molecule has 0 radical (unpaired) electrons. The predicted molar refractivity (Wildman–Crippen MR) is 92.0 cm³/mol. The van der Waals surface area contributed by atoms with Gasteiger partial charge in [0.15, 0.2) is 0 Å². The molecule has 128 valence electrons. The fourth-order valence-electron chi connectivity index (χ4n) is 2.86. The topological polar surface area (TPSA) is 135 Å². The first-order chi connectivity index (χ1) is 12.0. The third-order valence-corrected chi connectivity index (χ3v) is 4.13. The minimum atomic E-state index is -1.45. The summed E-state index contributed by atoms with van der Waals surface area (Å²) in [5, 5.41) is 21.3. The highest BCUT2D eigenvalue weighted by molar-refractivity contribution is 6.02. The lowest BCUT2D eigenvalue weighted by Gasteiger charge is -2.19. The molecule has 0 fully saturated rings. The number of aliphatic hydroxyl groups excluding tert-OH is 1. The number of nitro benzene ring substituents is 1. The number of fused-ring (bicyclic) bond motifs is 1. The van der Waals surface area contributed by atoms with E-state index in [1.807, 2.05) is 0 Å². The second-order valence-electron chi connectivity index (χ2n) is 5.88. The summed E-state index contributed by atoms with van der Waals surface area (Å²) in [7, 11) is 0. The van der Waals surface area contributed by atoms with Gasteiger partial charge in [0.05, 0.1) is 17.1 Å². The fraction of sp³-hybridized carbons (Fsp3) is 0.176. The molecule has 3 aromatic rings. The summed E-state index contributed by atoms with van der Waals surface area (Å²) in [5.74, 6) is 0. The van der Waals surface area contributed by atoms with Gasteiger partial charge in [0, 0.05) is 36.5 Å². The number of nitrogens with one attached hydrogen (secondary N) is 1. The molecule has 4 N–H and O–H groups in total. The number of hydrogen-bond acceptors (Lipinski definition) is 6. The van der Waals surface area contributed by atoms with Crippen molar-refractivity contribution in [1.82, 2.24) is 9.97 Å². The number of aromatic amines is 1. The highest BCUT2D eigenvalue weighted by Gasteiger charge is 2.27. The van der Waals surface area contributed by atoms with Gasteiger partial charge in [-0.05, 0) is 34.9 Å². The van der Waals surface area contributed by atoms with E-state index in [1.165, 1.54) is 6.07 Å². The third kappa shape index (κ3) is 3.00. The first-order valence-corrected chi connectivity index (χ1v) is 7.53. The molecule has 8 nitrogen and oxygen atoms in total. The maximum absolute atomic E-state index is 11.3. The molecule has 0 spiro atoms. The Labute approximate surface area is 142 Å². The molecule has 1 atom stereocenters. The summed E-state index contributed by atoms with van der Waals surface area (Å²) in [4.78, 5) is 29.0. The van der Waals surface area contributed by atoms with E-state index in [-0.39, 0.29) is 12.1 Å². The van der Waals surface area contributed by atoms with Crippen molar-refractivity contribution >= 4 is 22.9 Å². The van der Waals surface area contributed by atoms with Gasteiger partial charge in [-0.15, -0.1) is 0 Å². The van der Waals surface area contributed by atoms with E-state index in [1.54, 1.807) is 36.8 Å². The van der Waals surface area contributed by atoms with Crippen molar-refractivity contribution in [3.8, 4) is 11.1 Å². The van der Waals surface area contributed by atoms with Crippen LogP contribution in [0, 0.1) is 10.1 Å². The molecule has 0 amide bonds. The van der Waals surface area contributed by atoms with Gasteiger partial charge < -0.3 is 20.6 Å². The van der Waals surface area contributed by atoms with Crippen LogP contribution in [0.25, 0.3) is 22.0 Å². The molecule has 0 saturated carbocycles. The van der Waals surface area contributed by atoms with Crippen LogP contribution in [0.1, 0.15) is 5.56 Å². The summed E-state index contributed by atoms with van der Waals surface area (Å²) >= 11 is 0. The minimum absolute atomic E-state index is 0.0479. The Hall–Kier alpha value is -3.10. The maximum Gasteiger partial charge on any atom is 0.293 e. The van der Waals surface area contributed by atoms with Crippen molar-refractivity contribution in [3.63, 3.8) is 0 Å². The first kappa shape index (κ1) is 16.7. The molecule has 0 aliphatic carbocycles. The zero-order valence-electron chi connectivity index (χ0n) is 13.2. The highest BCUT2D eigenvalue weighted by atomic mass is 16.6. The molecule has 0 saturated heterocycles. The van der Waals surface area contributed by atoms with Gasteiger partial charge in [0.25, 0.3) is 5.69 Å². The van der Waals surface area contributed by atoms with Gasteiger partial charge in [-0.2, -0.15) is 0 Å². The summed E-state index contributed by atoms with van der Waals surface area (Å²) in [6, 6.07) is 6.67. The minimum Gasteiger partial charge on any atom is -0.394 e. The summed E-state index contributed by atoms with van der Waals surface area (Å²) in [5.41, 5.74) is 6.92. The smallest absolute Gasteiger partial charge is 0.293 e. The molecule has 0 aliphatic heterocycles. The maximum atomic E-state index is 11.3. The van der Waals surface area contributed by atoms with E-state index in [0.29, 0.717) is 22.8 Å². The Balaban J connectivity index is 2.27. The molecule has 0 aliphatic rings. The van der Waals surface area contributed by atoms with Crippen LogP contribution in [0.2, 0.25) is 0 Å². The molecule has 0 bridgehead atoms. The lowest BCUT2D eigenvalue weighted by Crippen LogP contribution is -2.47. The van der Waals surface area contributed by atoms with Crippen LogP contribution in [0.5, 0.6) is 0 Å². The van der Waals surface area contributed by atoms with E-state index < -0.39 is 17.1 Å². The first-order valence-electron chi connectivity index (χ1n) is 7.53. The van der Waals surface area contributed by atoms with Crippen molar-refractivity contribution in [2.45, 2.75) is 12.0 Å². The van der Waals surface area contributed by atoms with Crippen LogP contribution in [0.15, 0.2) is 42.9 Å². The average molecular weight is 340 g/mol. The Bertz CT molecular complexity index is 938. The van der Waals surface area contributed by atoms with Gasteiger partial charge in [-0.1, -0.05) is 0 Å². The molecule has 8 heteroatoms. The van der Waals surface area contributed by atoms with E-state index >= 15 is 0 Å². The van der Waals surface area contributed by atoms with Crippen molar-refractivity contribution in [3.05, 3.63) is 58.5 Å². The van der Waals surface area contributed by atoms with Crippen molar-refractivity contribution in [2.24, 2.45) is 5.73 Å². The number of aliphatic hydroxyl groups is 1. The largest absolute Gasteiger partial charge is 0.394 e. The quantitative estimate of drug-likeness (QED) is 0.354. The molecule has 2 aromatic heterocycles. The zero-order chi connectivity index (χ0) is 18.0. The van der Waals surface area contributed by atoms with E-state index in [9.17, 15) is 20.0 Å². The van der Waals surface area contributed by atoms with Crippen LogP contribution < -0.4 is 5.73 Å². The number of benzene rings is 1. The number of aromatic nitrogens is 2. The number of nitro groups is 1. The number of H-pyrrole nitrogens is 1. The number of nitrogens with zero attached hydrogens (tertiary/aromatic N) is 2. The molecule has 0 unspecified atom stereocenters. The molecule has 25 heavy (non-hydrogen) atoms. The normalized spacial score (nSPS) is 13.5. The summed E-state index contributed by atoms with van der Waals surface area (Å²) in [6.07, 6.45) is 5.38. The third-order valence-electron chi connectivity index (χ3n) is 4.13. The van der Waals surface area contributed by atoms with Crippen LogP contribution in [0.4, 0.5) is 5.69 Å². The van der Waals surface area contributed by atoms with Crippen LogP contribution in [-0.4, -0.2) is 38.4 Å². The number of rotatable bonds is 6. The average Bonchev–Trinajstić information content (AvgIpc) is 3.05. The van der Waals surface area contributed by atoms with E-state index in [0.717, 1.165) is 11.1 Å². The highest BCUT2D eigenvalue weighted by Crippen LogP contribution is 2.36. The zero-order valence-corrected chi connectivity index (χ0v) is 13.2. The number of carbonyl (C=O) groups excluding carboxylic acids is 1. The molecular formula is C17H16N4O4. The van der Waals surface area contributed by atoms with Crippen molar-refractivity contribution < 1.29 is 14.8 Å². The number of aldehydes is 1. The SMILES string of the molecule is N[C@@](C=O)(CO)Cc1c[nH]c2c([N+](=O)[O-])ccc(-c3ccncc3)c12. The van der Waals surface area contributed by atoms with Crippen molar-refractivity contribution in [1.29, 1.82) is 0 Å². The standard InChI is InChI=1S/C17H16N4O4/c18-17(9-22,10-23)7-12-8-20-16-14(21(24)25)2-1-13(15(12)16)11-3-5-19-6-4-11/h1-6,8-9,20,23H,7,10,18H2/t17-/m0/s1. The molecule has 1 aromatic carbocycles. The Morgan fingerprint density at radius 3 is 2.64 bits per heavy atom. The van der Waals surface area contributed by atoms with Gasteiger partial charge in [0.1, 0.15) is 11.8 Å². The van der Waals surface area contributed by atoms with Crippen LogP contribution in [0.3, 0.4) is 0 Å². The van der Waals surface area contributed by atoms with Gasteiger partial charge in [-0.3, -0.25) is 15.1 Å². The van der Waals surface area contributed by atoms with Gasteiger partial charge >= 0.3 is 0 Å². The van der Waals surface area contributed by atoms with Gasteiger partial charge in [0.2, 0.25) is 0 Å². The lowest BCUT2D eigenvalue weighted by molar-refractivity contribution is -0.383. The summed E-state index contributed by atoms with van der Waals surface area (Å²) in [6.45, 7) is -0.525. The van der Waals surface area contributed by atoms with E-state index in [4.69, 9.17) is 5.73 Å². The molecule has 3 rings (SSSR count). The van der Waals surface area contributed by atoms with E-state index in [2.05, 4.69) is 9.97 Å². The molecule has 2 heterocycles. The monoisotopic (exact) mass is 340 g/mol.